The Labute approximate surface area is 147 Å². The van der Waals surface area contributed by atoms with Crippen molar-refractivity contribution in [2.75, 3.05) is 6.54 Å². The number of hydrogen-bond acceptors (Lipinski definition) is 2. The molecule has 1 N–H and O–H groups in total. The van der Waals surface area contributed by atoms with Gasteiger partial charge in [0.05, 0.1) is 11.7 Å². The van der Waals surface area contributed by atoms with E-state index >= 15 is 0 Å². The Hall–Kier alpha value is -2.88. The summed E-state index contributed by atoms with van der Waals surface area (Å²) < 4.78 is 0. The summed E-state index contributed by atoms with van der Waals surface area (Å²) in [5, 5.41) is 7.47. The zero-order valence-corrected chi connectivity index (χ0v) is 14.5. The van der Waals surface area contributed by atoms with Gasteiger partial charge in [-0.25, -0.2) is 0 Å². The van der Waals surface area contributed by atoms with E-state index in [0.717, 1.165) is 35.3 Å². The van der Waals surface area contributed by atoms with Gasteiger partial charge < -0.3 is 4.90 Å². The number of fused-ring (bicyclic) bond motifs is 1. The molecule has 0 saturated heterocycles. The lowest BCUT2D eigenvalue weighted by molar-refractivity contribution is 0.0744. The van der Waals surface area contributed by atoms with Crippen LogP contribution in [0.15, 0.2) is 54.6 Å². The number of hydrogen-bond donors (Lipinski definition) is 1. The van der Waals surface area contributed by atoms with Gasteiger partial charge in [-0.2, -0.15) is 5.10 Å². The molecule has 0 bridgehead atoms. The standard InChI is InChI=1S/C21H21N3O/c1-3-13-24-20(16-11-9-14(2)10-12-16)17-18(15-7-5-4-6-8-15)22-23-19(17)21(24)25/h4-12,20H,3,13H2,1-2H3,(H,22,23). The van der Waals surface area contributed by atoms with E-state index in [1.54, 1.807) is 0 Å². The number of aromatic amines is 1. The van der Waals surface area contributed by atoms with Crippen LogP contribution >= 0.6 is 0 Å². The number of amides is 1. The fourth-order valence-electron chi connectivity index (χ4n) is 3.58. The molecule has 0 aliphatic carbocycles. The highest BCUT2D eigenvalue weighted by atomic mass is 16.2. The predicted molar refractivity (Wildman–Crippen MR) is 98.4 cm³/mol. The number of rotatable bonds is 4. The van der Waals surface area contributed by atoms with Crippen LogP contribution in [0.25, 0.3) is 11.3 Å². The SMILES string of the molecule is CCCN1C(=O)c2[nH]nc(-c3ccccc3)c2C1c1ccc(C)cc1. The Kier molecular flexibility index (Phi) is 3.88. The van der Waals surface area contributed by atoms with E-state index in [-0.39, 0.29) is 11.9 Å². The highest BCUT2D eigenvalue weighted by molar-refractivity contribution is 6.00. The molecule has 4 nitrogen and oxygen atoms in total. The summed E-state index contributed by atoms with van der Waals surface area (Å²) in [7, 11) is 0. The van der Waals surface area contributed by atoms with Crippen LogP contribution in [-0.2, 0) is 0 Å². The normalized spacial score (nSPS) is 16.3. The van der Waals surface area contributed by atoms with E-state index in [4.69, 9.17) is 0 Å². The molecule has 0 fully saturated rings. The first-order valence-corrected chi connectivity index (χ1v) is 8.72. The van der Waals surface area contributed by atoms with Crippen molar-refractivity contribution in [2.24, 2.45) is 0 Å². The molecule has 1 amide bonds. The average molecular weight is 331 g/mol. The number of carbonyl (C=O) groups excluding carboxylic acids is 1. The van der Waals surface area contributed by atoms with Crippen molar-refractivity contribution in [1.82, 2.24) is 15.1 Å². The first-order chi connectivity index (χ1) is 12.2. The van der Waals surface area contributed by atoms with E-state index in [1.807, 2.05) is 35.2 Å². The summed E-state index contributed by atoms with van der Waals surface area (Å²) >= 11 is 0. The number of benzene rings is 2. The molecule has 3 aromatic rings. The maximum atomic E-state index is 12.9. The Morgan fingerprint density at radius 2 is 1.80 bits per heavy atom. The molecule has 0 saturated carbocycles. The fourth-order valence-corrected chi connectivity index (χ4v) is 3.58. The lowest BCUT2D eigenvalue weighted by atomic mass is 9.95. The third-order valence-corrected chi connectivity index (χ3v) is 4.77. The van der Waals surface area contributed by atoms with Crippen LogP contribution in [0.2, 0.25) is 0 Å². The Balaban J connectivity index is 1.89. The molecule has 0 radical (unpaired) electrons. The molecule has 1 atom stereocenters. The van der Waals surface area contributed by atoms with E-state index in [9.17, 15) is 4.79 Å². The highest BCUT2D eigenvalue weighted by Gasteiger charge is 2.41. The van der Waals surface area contributed by atoms with Gasteiger partial charge in [0.25, 0.3) is 5.91 Å². The number of nitrogens with one attached hydrogen (secondary N) is 1. The number of aromatic nitrogens is 2. The third kappa shape index (κ3) is 2.54. The second-order valence-corrected chi connectivity index (χ2v) is 6.54. The van der Waals surface area contributed by atoms with Crippen molar-refractivity contribution >= 4 is 5.91 Å². The molecule has 1 aliphatic heterocycles. The van der Waals surface area contributed by atoms with Gasteiger partial charge in [-0.15, -0.1) is 0 Å². The predicted octanol–water partition coefficient (Wildman–Crippen LogP) is 4.34. The van der Waals surface area contributed by atoms with Crippen molar-refractivity contribution in [3.8, 4) is 11.3 Å². The van der Waals surface area contributed by atoms with Gasteiger partial charge in [0.1, 0.15) is 5.69 Å². The van der Waals surface area contributed by atoms with Crippen molar-refractivity contribution in [3.05, 3.63) is 77.0 Å². The second-order valence-electron chi connectivity index (χ2n) is 6.54. The van der Waals surface area contributed by atoms with Gasteiger partial charge in [0.15, 0.2) is 0 Å². The Morgan fingerprint density at radius 1 is 1.08 bits per heavy atom. The zero-order valence-electron chi connectivity index (χ0n) is 14.5. The van der Waals surface area contributed by atoms with Crippen LogP contribution in [0, 0.1) is 6.92 Å². The maximum Gasteiger partial charge on any atom is 0.273 e. The first kappa shape index (κ1) is 15.6. The number of aryl methyl sites for hydroxylation is 1. The van der Waals surface area contributed by atoms with Crippen LogP contribution in [0.1, 0.15) is 46.6 Å². The Morgan fingerprint density at radius 3 is 2.48 bits per heavy atom. The number of nitrogens with zero attached hydrogens (tertiary/aromatic N) is 2. The summed E-state index contributed by atoms with van der Waals surface area (Å²) in [6.45, 7) is 4.91. The molecular formula is C21H21N3O. The monoisotopic (exact) mass is 331 g/mol. The van der Waals surface area contributed by atoms with Gasteiger partial charge in [0.2, 0.25) is 0 Å². The van der Waals surface area contributed by atoms with E-state index in [0.29, 0.717) is 5.69 Å². The molecular weight excluding hydrogens is 310 g/mol. The maximum absolute atomic E-state index is 12.9. The molecule has 4 rings (SSSR count). The minimum Gasteiger partial charge on any atom is -0.326 e. The van der Waals surface area contributed by atoms with Crippen LogP contribution < -0.4 is 0 Å². The molecule has 1 aliphatic rings. The molecule has 1 aromatic heterocycles. The summed E-state index contributed by atoms with van der Waals surface area (Å²) in [6, 6.07) is 18.4. The smallest absolute Gasteiger partial charge is 0.273 e. The lowest BCUT2D eigenvalue weighted by Crippen LogP contribution is -2.30. The third-order valence-electron chi connectivity index (χ3n) is 4.77. The second kappa shape index (κ2) is 6.20. The molecule has 1 unspecified atom stereocenters. The van der Waals surface area contributed by atoms with Crippen LogP contribution in [0.5, 0.6) is 0 Å². The number of H-pyrrole nitrogens is 1. The van der Waals surface area contributed by atoms with Crippen LogP contribution in [-0.4, -0.2) is 27.5 Å². The van der Waals surface area contributed by atoms with E-state index in [1.165, 1.54) is 5.56 Å². The zero-order chi connectivity index (χ0) is 17.4. The van der Waals surface area contributed by atoms with Crippen LogP contribution in [0.3, 0.4) is 0 Å². The van der Waals surface area contributed by atoms with E-state index in [2.05, 4.69) is 48.3 Å². The van der Waals surface area contributed by atoms with Crippen molar-refractivity contribution in [1.29, 1.82) is 0 Å². The minimum atomic E-state index is -0.0861. The lowest BCUT2D eigenvalue weighted by Gasteiger charge is -2.26. The first-order valence-electron chi connectivity index (χ1n) is 8.72. The van der Waals surface area contributed by atoms with Crippen molar-refractivity contribution in [2.45, 2.75) is 26.3 Å². The van der Waals surface area contributed by atoms with Gasteiger partial charge >= 0.3 is 0 Å². The Bertz CT molecular complexity index is 897. The van der Waals surface area contributed by atoms with Crippen molar-refractivity contribution < 1.29 is 4.79 Å². The summed E-state index contributed by atoms with van der Waals surface area (Å²) in [5.74, 6) is 0.0390. The number of carbonyl (C=O) groups is 1. The van der Waals surface area contributed by atoms with Crippen molar-refractivity contribution in [3.63, 3.8) is 0 Å². The summed E-state index contributed by atoms with van der Waals surface area (Å²) in [6.07, 6.45) is 0.923. The molecule has 25 heavy (non-hydrogen) atoms. The quantitative estimate of drug-likeness (QED) is 0.773. The van der Waals surface area contributed by atoms with Crippen LogP contribution in [0.4, 0.5) is 0 Å². The summed E-state index contributed by atoms with van der Waals surface area (Å²) in [5.41, 5.74) is 5.86. The van der Waals surface area contributed by atoms with Gasteiger partial charge in [-0.1, -0.05) is 67.1 Å². The largest absolute Gasteiger partial charge is 0.326 e. The minimum absolute atomic E-state index is 0.0390. The molecule has 0 spiro atoms. The van der Waals surface area contributed by atoms with E-state index < -0.39 is 0 Å². The average Bonchev–Trinajstić information content (AvgIpc) is 3.17. The molecule has 2 aromatic carbocycles. The molecule has 126 valence electrons. The van der Waals surface area contributed by atoms with Gasteiger partial charge in [-0.3, -0.25) is 9.89 Å². The van der Waals surface area contributed by atoms with Gasteiger partial charge in [-0.05, 0) is 18.9 Å². The molecule has 4 heteroatoms. The molecule has 2 heterocycles. The topological polar surface area (TPSA) is 49.0 Å². The summed E-state index contributed by atoms with van der Waals surface area (Å²) in [4.78, 5) is 14.9. The fraction of sp³-hybridized carbons (Fsp3) is 0.238. The van der Waals surface area contributed by atoms with Gasteiger partial charge in [0, 0.05) is 17.7 Å². The highest BCUT2D eigenvalue weighted by Crippen LogP contribution is 2.42.